The second-order valence-corrected chi connectivity index (χ2v) is 5.08. The minimum absolute atomic E-state index is 0.130. The van der Waals surface area contributed by atoms with Crippen molar-refractivity contribution in [2.45, 2.75) is 6.61 Å². The summed E-state index contributed by atoms with van der Waals surface area (Å²) in [6.07, 6.45) is 0. The molecule has 21 heavy (non-hydrogen) atoms. The van der Waals surface area contributed by atoms with Crippen molar-refractivity contribution < 1.29 is 13.9 Å². The Labute approximate surface area is 130 Å². The molecule has 0 saturated carbocycles. The number of carbonyl (C=O) groups is 1. The van der Waals surface area contributed by atoms with Crippen molar-refractivity contribution in [1.29, 1.82) is 0 Å². The molecule has 0 fully saturated rings. The number of rotatable bonds is 4. The third-order valence-electron chi connectivity index (χ3n) is 2.77. The van der Waals surface area contributed by atoms with Crippen LogP contribution >= 0.6 is 23.2 Å². The Bertz CT molecular complexity index is 708. The molecule has 4 N–H and O–H groups in total. The summed E-state index contributed by atoms with van der Waals surface area (Å²) in [4.78, 5) is 11.1. The number of hydrogen-bond donors (Lipinski definition) is 2. The molecular formula is C14H11Cl2FN2O2. The second-order valence-electron chi connectivity index (χ2n) is 4.26. The van der Waals surface area contributed by atoms with Gasteiger partial charge in [0.25, 0.3) is 0 Å². The molecule has 0 spiro atoms. The van der Waals surface area contributed by atoms with Gasteiger partial charge in [0.1, 0.15) is 18.2 Å². The number of primary amides is 1. The maximum atomic E-state index is 13.7. The van der Waals surface area contributed by atoms with Crippen molar-refractivity contribution in [2.75, 3.05) is 5.73 Å². The second kappa shape index (κ2) is 6.20. The van der Waals surface area contributed by atoms with Gasteiger partial charge in [0, 0.05) is 17.2 Å². The predicted molar refractivity (Wildman–Crippen MR) is 80.1 cm³/mol. The van der Waals surface area contributed by atoms with Crippen molar-refractivity contribution in [3.8, 4) is 5.75 Å². The predicted octanol–water partition coefficient (Wildman–Crippen LogP) is 3.39. The maximum absolute atomic E-state index is 13.7. The van der Waals surface area contributed by atoms with E-state index >= 15 is 0 Å². The normalized spacial score (nSPS) is 10.4. The number of carbonyl (C=O) groups excluding carboxylic acids is 1. The number of halogens is 3. The first-order valence-electron chi connectivity index (χ1n) is 5.84. The Kier molecular flexibility index (Phi) is 4.55. The number of nitrogen functional groups attached to an aromatic ring is 1. The van der Waals surface area contributed by atoms with E-state index in [4.69, 9.17) is 39.4 Å². The van der Waals surface area contributed by atoms with Crippen molar-refractivity contribution in [2.24, 2.45) is 5.73 Å². The third kappa shape index (κ3) is 3.56. The van der Waals surface area contributed by atoms with E-state index in [1.165, 1.54) is 24.3 Å². The first-order chi connectivity index (χ1) is 9.88. The largest absolute Gasteiger partial charge is 0.487 e. The number of nitrogens with two attached hydrogens (primary N) is 2. The van der Waals surface area contributed by atoms with Gasteiger partial charge >= 0.3 is 0 Å². The van der Waals surface area contributed by atoms with Crippen LogP contribution in [0.15, 0.2) is 30.3 Å². The van der Waals surface area contributed by atoms with Crippen LogP contribution < -0.4 is 16.2 Å². The number of anilines is 1. The molecule has 110 valence electrons. The van der Waals surface area contributed by atoms with E-state index in [2.05, 4.69) is 0 Å². The fourth-order valence-corrected chi connectivity index (χ4v) is 1.99. The SMILES string of the molecule is NC(=O)c1ccc(F)c(COc2cc(Cl)c(Cl)cc2N)c1. The molecule has 2 aromatic rings. The summed E-state index contributed by atoms with van der Waals surface area (Å²) in [5.74, 6) is -0.891. The number of amides is 1. The fraction of sp³-hybridized carbons (Fsp3) is 0.0714. The van der Waals surface area contributed by atoms with Gasteiger partial charge in [-0.05, 0) is 24.3 Å². The molecule has 2 rings (SSSR count). The number of benzene rings is 2. The van der Waals surface area contributed by atoms with Gasteiger partial charge in [-0.25, -0.2) is 4.39 Å². The monoisotopic (exact) mass is 328 g/mol. The van der Waals surface area contributed by atoms with Gasteiger partial charge in [-0.2, -0.15) is 0 Å². The Morgan fingerprint density at radius 2 is 1.86 bits per heavy atom. The molecule has 0 bridgehead atoms. The van der Waals surface area contributed by atoms with E-state index in [0.29, 0.717) is 5.02 Å². The highest BCUT2D eigenvalue weighted by molar-refractivity contribution is 6.42. The summed E-state index contributed by atoms with van der Waals surface area (Å²) in [5.41, 5.74) is 11.5. The molecule has 7 heteroatoms. The van der Waals surface area contributed by atoms with Crippen LogP contribution in [0, 0.1) is 5.82 Å². The van der Waals surface area contributed by atoms with E-state index in [0.717, 1.165) is 6.07 Å². The van der Waals surface area contributed by atoms with Gasteiger partial charge in [0.15, 0.2) is 0 Å². The third-order valence-corrected chi connectivity index (χ3v) is 3.49. The zero-order valence-corrected chi connectivity index (χ0v) is 12.2. The highest BCUT2D eigenvalue weighted by atomic mass is 35.5. The minimum Gasteiger partial charge on any atom is -0.487 e. The van der Waals surface area contributed by atoms with E-state index in [-0.39, 0.29) is 34.2 Å². The molecule has 4 nitrogen and oxygen atoms in total. The molecule has 0 atom stereocenters. The molecule has 1 amide bonds. The van der Waals surface area contributed by atoms with Crippen LogP contribution in [0.2, 0.25) is 10.0 Å². The number of hydrogen-bond acceptors (Lipinski definition) is 3. The van der Waals surface area contributed by atoms with Crippen LogP contribution in [0.4, 0.5) is 10.1 Å². The lowest BCUT2D eigenvalue weighted by atomic mass is 10.1. The van der Waals surface area contributed by atoms with Crippen LogP contribution in [0.5, 0.6) is 5.75 Å². The average molecular weight is 329 g/mol. The summed E-state index contributed by atoms with van der Waals surface area (Å²) < 4.78 is 19.1. The highest BCUT2D eigenvalue weighted by Gasteiger charge is 2.10. The van der Waals surface area contributed by atoms with Crippen LogP contribution in [0.1, 0.15) is 15.9 Å². The standard InChI is InChI=1S/C14H11Cl2FN2O2/c15-9-4-12(18)13(5-10(9)16)21-6-8-3-7(14(19)20)1-2-11(8)17/h1-5H,6,18H2,(H2,19,20). The first-order valence-corrected chi connectivity index (χ1v) is 6.59. The van der Waals surface area contributed by atoms with E-state index in [1.54, 1.807) is 0 Å². The topological polar surface area (TPSA) is 78.3 Å². The van der Waals surface area contributed by atoms with Crippen LogP contribution in [-0.4, -0.2) is 5.91 Å². The lowest BCUT2D eigenvalue weighted by Gasteiger charge is -2.11. The van der Waals surface area contributed by atoms with Gasteiger partial charge < -0.3 is 16.2 Å². The van der Waals surface area contributed by atoms with Crippen molar-refractivity contribution in [3.63, 3.8) is 0 Å². The molecule has 0 aliphatic heterocycles. The molecule has 0 aliphatic carbocycles. The summed E-state index contributed by atoms with van der Waals surface area (Å²) in [6, 6.07) is 6.65. The van der Waals surface area contributed by atoms with E-state index in [9.17, 15) is 9.18 Å². The van der Waals surface area contributed by atoms with Gasteiger partial charge in [0.05, 0.1) is 15.7 Å². The Morgan fingerprint density at radius 3 is 2.52 bits per heavy atom. The molecular weight excluding hydrogens is 318 g/mol. The summed E-state index contributed by atoms with van der Waals surface area (Å²) in [7, 11) is 0. The molecule has 0 unspecified atom stereocenters. The molecule has 0 saturated heterocycles. The summed E-state index contributed by atoms with van der Waals surface area (Å²) >= 11 is 11.7. The van der Waals surface area contributed by atoms with Gasteiger partial charge in [-0.3, -0.25) is 4.79 Å². The van der Waals surface area contributed by atoms with Gasteiger partial charge in [0.2, 0.25) is 5.91 Å². The van der Waals surface area contributed by atoms with Crippen molar-refractivity contribution >= 4 is 34.8 Å². The molecule has 0 radical (unpaired) electrons. The first kappa shape index (κ1) is 15.4. The van der Waals surface area contributed by atoms with Crippen molar-refractivity contribution in [1.82, 2.24) is 0 Å². The van der Waals surface area contributed by atoms with Crippen LogP contribution in [-0.2, 0) is 6.61 Å². The smallest absolute Gasteiger partial charge is 0.248 e. The minimum atomic E-state index is -0.648. The zero-order valence-electron chi connectivity index (χ0n) is 10.7. The van der Waals surface area contributed by atoms with Crippen LogP contribution in [0.25, 0.3) is 0 Å². The lowest BCUT2D eigenvalue weighted by molar-refractivity contribution is 0.1000. The summed E-state index contributed by atoms with van der Waals surface area (Å²) in [5, 5.41) is 0.565. The number of ether oxygens (including phenoxy) is 1. The molecule has 2 aromatic carbocycles. The Hall–Kier alpha value is -1.98. The molecule has 0 aromatic heterocycles. The quantitative estimate of drug-likeness (QED) is 0.844. The van der Waals surface area contributed by atoms with Crippen LogP contribution in [0.3, 0.4) is 0 Å². The maximum Gasteiger partial charge on any atom is 0.248 e. The summed E-state index contributed by atoms with van der Waals surface area (Å²) in [6.45, 7) is -0.130. The zero-order chi connectivity index (χ0) is 15.6. The average Bonchev–Trinajstić information content (AvgIpc) is 2.42. The fourth-order valence-electron chi connectivity index (χ4n) is 1.66. The lowest BCUT2D eigenvalue weighted by Crippen LogP contribution is -2.12. The van der Waals surface area contributed by atoms with Crippen molar-refractivity contribution in [3.05, 3.63) is 57.3 Å². The molecule has 0 aliphatic rings. The highest BCUT2D eigenvalue weighted by Crippen LogP contribution is 2.32. The Balaban J connectivity index is 2.22. The molecule has 0 heterocycles. The van der Waals surface area contributed by atoms with Gasteiger partial charge in [-0.15, -0.1) is 0 Å². The van der Waals surface area contributed by atoms with Gasteiger partial charge in [-0.1, -0.05) is 23.2 Å². The Morgan fingerprint density at radius 1 is 1.19 bits per heavy atom. The van der Waals surface area contributed by atoms with E-state index < -0.39 is 11.7 Å². The van der Waals surface area contributed by atoms with E-state index in [1.807, 2.05) is 0 Å².